The molecule has 2 aromatic carbocycles. The lowest BCUT2D eigenvalue weighted by Gasteiger charge is -2.31. The summed E-state index contributed by atoms with van der Waals surface area (Å²) in [7, 11) is 1.51. The maximum atomic E-state index is 14.2. The molecule has 0 bridgehead atoms. The molecule has 2 N–H and O–H groups in total. The Bertz CT molecular complexity index is 1240. The Labute approximate surface area is 222 Å². The van der Waals surface area contributed by atoms with Crippen LogP contribution in [0.1, 0.15) is 13.8 Å². The van der Waals surface area contributed by atoms with Gasteiger partial charge in [-0.05, 0) is 55.7 Å². The molecule has 0 radical (unpaired) electrons. The van der Waals surface area contributed by atoms with Gasteiger partial charge in [0.2, 0.25) is 5.91 Å². The van der Waals surface area contributed by atoms with Crippen LogP contribution in [0.15, 0.2) is 48.0 Å². The molecule has 190 valence electrons. The van der Waals surface area contributed by atoms with Crippen molar-refractivity contribution >= 4 is 69.9 Å². The largest absolute Gasteiger partial charge is 0.341 e. The van der Waals surface area contributed by atoms with Gasteiger partial charge in [-0.2, -0.15) is 0 Å². The van der Waals surface area contributed by atoms with Crippen LogP contribution in [0, 0.1) is 5.82 Å². The van der Waals surface area contributed by atoms with Gasteiger partial charge >= 0.3 is 6.03 Å². The number of amides is 4. The van der Waals surface area contributed by atoms with Crippen molar-refractivity contribution in [3.05, 3.63) is 63.9 Å². The Hall–Kier alpha value is -2.95. The Kier molecular flexibility index (Phi) is 7.40. The van der Waals surface area contributed by atoms with E-state index in [9.17, 15) is 18.8 Å². The van der Waals surface area contributed by atoms with Gasteiger partial charge in [0.15, 0.2) is 0 Å². The van der Waals surface area contributed by atoms with Gasteiger partial charge in [-0.15, -0.1) is 11.8 Å². The zero-order chi connectivity index (χ0) is 26.2. The zero-order valence-electron chi connectivity index (χ0n) is 19.7. The quantitative estimate of drug-likeness (QED) is 0.575. The first-order valence-electron chi connectivity index (χ1n) is 10.9. The van der Waals surface area contributed by atoms with Crippen LogP contribution in [0.5, 0.6) is 0 Å². The highest BCUT2D eigenvalue weighted by atomic mass is 35.5. The second-order valence-electron chi connectivity index (χ2n) is 8.90. The molecular formula is C24H24Cl2FN5O3S. The Morgan fingerprint density at radius 3 is 2.44 bits per heavy atom. The van der Waals surface area contributed by atoms with E-state index in [-0.39, 0.29) is 6.54 Å². The molecule has 0 spiro atoms. The summed E-state index contributed by atoms with van der Waals surface area (Å²) < 4.78 is 14.2. The van der Waals surface area contributed by atoms with Gasteiger partial charge in [0.1, 0.15) is 17.4 Å². The van der Waals surface area contributed by atoms with Crippen LogP contribution in [0.3, 0.4) is 0 Å². The van der Waals surface area contributed by atoms with E-state index in [1.54, 1.807) is 54.6 Å². The lowest BCUT2D eigenvalue weighted by atomic mass is 10.0. The van der Waals surface area contributed by atoms with Gasteiger partial charge in [-0.3, -0.25) is 14.5 Å². The Balaban J connectivity index is 1.65. The third-order valence-corrected chi connectivity index (χ3v) is 7.02. The molecule has 4 amide bonds. The minimum absolute atomic E-state index is 0.0136. The maximum Gasteiger partial charge on any atom is 0.323 e. The molecule has 4 rings (SSSR count). The van der Waals surface area contributed by atoms with E-state index in [1.807, 2.05) is 0 Å². The number of thioether (sulfide) groups is 1. The van der Waals surface area contributed by atoms with Crippen molar-refractivity contribution in [1.82, 2.24) is 15.5 Å². The van der Waals surface area contributed by atoms with E-state index in [0.29, 0.717) is 33.0 Å². The van der Waals surface area contributed by atoms with Crippen molar-refractivity contribution in [2.75, 3.05) is 29.3 Å². The number of fused-ring (bicyclic) bond motifs is 1. The van der Waals surface area contributed by atoms with Gasteiger partial charge in [0, 0.05) is 29.0 Å². The standard InChI is InChI=1S/C24H24Cl2FN5O3S/c1-24(2,29-23(35)31-6-7-36-13-31)22(34)28-18-12-32(17-9-14(25)8-15(26)10-17)19-5-4-16(27)11-20(19)30(3)21(18)33/h4-11,18H,12-13H2,1-3H3,(H,28,34)(H,29,35)/t18-/m1/s1. The molecule has 2 aliphatic rings. The predicted octanol–water partition coefficient (Wildman–Crippen LogP) is 4.70. The first-order valence-corrected chi connectivity index (χ1v) is 12.8. The van der Waals surface area contributed by atoms with Crippen LogP contribution in [0.2, 0.25) is 10.0 Å². The summed E-state index contributed by atoms with van der Waals surface area (Å²) in [5.41, 5.74) is 0.0903. The fourth-order valence-electron chi connectivity index (χ4n) is 3.90. The van der Waals surface area contributed by atoms with Crippen LogP contribution in [0.4, 0.5) is 26.2 Å². The maximum absolute atomic E-state index is 14.2. The monoisotopic (exact) mass is 551 g/mol. The second kappa shape index (κ2) is 10.2. The number of benzene rings is 2. The SMILES string of the molecule is CN1C(=O)[C@H](NC(=O)C(C)(C)NC(=O)N2C=CSC2)CN(c2cc(Cl)cc(Cl)c2)c2ccc(F)cc21. The van der Waals surface area contributed by atoms with Crippen LogP contribution in [0.25, 0.3) is 0 Å². The third-order valence-electron chi connectivity index (χ3n) is 5.85. The molecule has 0 aliphatic carbocycles. The molecule has 0 aromatic heterocycles. The van der Waals surface area contributed by atoms with Crippen molar-refractivity contribution in [1.29, 1.82) is 0 Å². The minimum Gasteiger partial charge on any atom is -0.341 e. The highest BCUT2D eigenvalue weighted by Crippen LogP contribution is 2.39. The van der Waals surface area contributed by atoms with Gasteiger partial charge in [0.05, 0.1) is 23.8 Å². The molecule has 0 saturated carbocycles. The van der Waals surface area contributed by atoms with Crippen molar-refractivity contribution in [3.8, 4) is 0 Å². The van der Waals surface area contributed by atoms with E-state index in [1.165, 1.54) is 40.7 Å². The summed E-state index contributed by atoms with van der Waals surface area (Å²) in [5, 5.41) is 8.00. The molecule has 0 unspecified atom stereocenters. The number of rotatable bonds is 4. The molecule has 2 aliphatic heterocycles. The van der Waals surface area contributed by atoms with Crippen LogP contribution in [-0.4, -0.2) is 53.8 Å². The van der Waals surface area contributed by atoms with Gasteiger partial charge < -0.3 is 20.4 Å². The van der Waals surface area contributed by atoms with E-state index in [2.05, 4.69) is 10.6 Å². The lowest BCUT2D eigenvalue weighted by molar-refractivity contribution is -0.130. The second-order valence-corrected chi connectivity index (χ2v) is 10.6. The average Bonchev–Trinajstić information content (AvgIpc) is 3.32. The molecule has 0 fully saturated rings. The molecule has 36 heavy (non-hydrogen) atoms. The number of carbonyl (C=O) groups excluding carboxylic acids is 3. The van der Waals surface area contributed by atoms with E-state index >= 15 is 0 Å². The number of halogens is 3. The summed E-state index contributed by atoms with van der Waals surface area (Å²) in [5.74, 6) is -1.08. The number of hydrogen-bond donors (Lipinski definition) is 2. The number of hydrogen-bond acceptors (Lipinski definition) is 5. The van der Waals surface area contributed by atoms with Crippen molar-refractivity contribution in [2.45, 2.75) is 25.4 Å². The molecular weight excluding hydrogens is 528 g/mol. The number of nitrogens with zero attached hydrogens (tertiary/aromatic N) is 3. The number of nitrogens with one attached hydrogen (secondary N) is 2. The van der Waals surface area contributed by atoms with Crippen molar-refractivity contribution in [2.24, 2.45) is 0 Å². The first-order chi connectivity index (χ1) is 17.0. The Morgan fingerprint density at radius 1 is 1.11 bits per heavy atom. The fraction of sp³-hybridized carbons (Fsp3) is 0.292. The van der Waals surface area contributed by atoms with Crippen LogP contribution >= 0.6 is 35.0 Å². The highest BCUT2D eigenvalue weighted by Gasteiger charge is 2.38. The first kappa shape index (κ1) is 26.1. The van der Waals surface area contributed by atoms with Gasteiger partial charge in [0.25, 0.3) is 5.91 Å². The van der Waals surface area contributed by atoms with Crippen LogP contribution < -0.4 is 20.4 Å². The minimum atomic E-state index is -1.33. The number of urea groups is 1. The topological polar surface area (TPSA) is 85.0 Å². The summed E-state index contributed by atoms with van der Waals surface area (Å²) in [6.45, 7) is 3.12. The molecule has 1 atom stereocenters. The van der Waals surface area contributed by atoms with Gasteiger partial charge in [-0.1, -0.05) is 23.2 Å². The normalized spacial score (nSPS) is 17.7. The van der Waals surface area contributed by atoms with E-state index < -0.39 is 35.2 Å². The number of carbonyl (C=O) groups is 3. The van der Waals surface area contributed by atoms with E-state index in [0.717, 1.165) is 0 Å². The third kappa shape index (κ3) is 5.40. The average molecular weight is 552 g/mol. The highest BCUT2D eigenvalue weighted by molar-refractivity contribution is 8.02. The predicted molar refractivity (Wildman–Crippen MR) is 141 cm³/mol. The molecule has 0 saturated heterocycles. The van der Waals surface area contributed by atoms with E-state index in [4.69, 9.17) is 23.2 Å². The van der Waals surface area contributed by atoms with Crippen molar-refractivity contribution < 1.29 is 18.8 Å². The van der Waals surface area contributed by atoms with Crippen LogP contribution in [-0.2, 0) is 9.59 Å². The smallest absolute Gasteiger partial charge is 0.323 e. The zero-order valence-corrected chi connectivity index (χ0v) is 22.0. The van der Waals surface area contributed by atoms with Gasteiger partial charge in [-0.25, -0.2) is 9.18 Å². The Morgan fingerprint density at radius 2 is 1.81 bits per heavy atom. The lowest BCUT2D eigenvalue weighted by Crippen LogP contribution is -2.61. The molecule has 12 heteroatoms. The fourth-order valence-corrected chi connectivity index (χ4v) is 5.09. The number of likely N-dealkylation sites (N-methyl/N-ethyl adjacent to an activating group) is 1. The molecule has 2 heterocycles. The summed E-state index contributed by atoms with van der Waals surface area (Å²) in [6.07, 6.45) is 1.63. The van der Waals surface area contributed by atoms with Crippen molar-refractivity contribution in [3.63, 3.8) is 0 Å². The summed E-state index contributed by atoms with van der Waals surface area (Å²) >= 11 is 13.9. The summed E-state index contributed by atoms with van der Waals surface area (Å²) in [6, 6.07) is 7.54. The number of anilines is 3. The molecule has 2 aromatic rings. The summed E-state index contributed by atoms with van der Waals surface area (Å²) in [4.78, 5) is 43.7. The molecule has 8 nitrogen and oxygen atoms in total.